The number of aryl methyl sites for hydroxylation is 1. The molecule has 3 rings (SSSR count). The summed E-state index contributed by atoms with van der Waals surface area (Å²) in [4.78, 5) is 12.4. The lowest BCUT2D eigenvalue weighted by Crippen LogP contribution is -2.26. The second-order valence-corrected chi connectivity index (χ2v) is 5.93. The molecule has 2 nitrogen and oxygen atoms in total. The Balaban J connectivity index is 1.59. The van der Waals surface area contributed by atoms with Gasteiger partial charge in [-0.3, -0.25) is 4.79 Å². The van der Waals surface area contributed by atoms with Crippen molar-refractivity contribution in [3.8, 4) is 0 Å². The molecule has 0 amide bonds. The third kappa shape index (κ3) is 3.06. The van der Waals surface area contributed by atoms with Crippen LogP contribution >= 0.6 is 0 Å². The molecular formula is C17H22O2. The van der Waals surface area contributed by atoms with Gasteiger partial charge in [0.05, 0.1) is 0 Å². The molecule has 1 aromatic rings. The Bertz CT molecular complexity index is 446. The predicted octanol–water partition coefficient (Wildman–Crippen LogP) is 3.18. The van der Waals surface area contributed by atoms with Crippen molar-refractivity contribution in [2.75, 3.05) is 13.2 Å². The normalized spacial score (nSPS) is 23.9. The van der Waals surface area contributed by atoms with Gasteiger partial charge in [0.1, 0.15) is 5.78 Å². The van der Waals surface area contributed by atoms with Crippen LogP contribution in [0.3, 0.4) is 0 Å². The number of Topliss-reactive ketones (excluding diaryl/α,β-unsaturated/α-hetero) is 1. The molecule has 0 saturated carbocycles. The first kappa shape index (κ1) is 12.9. The zero-order chi connectivity index (χ0) is 13.1. The van der Waals surface area contributed by atoms with Crippen LogP contribution in [0.5, 0.6) is 0 Å². The van der Waals surface area contributed by atoms with E-state index in [-0.39, 0.29) is 5.92 Å². The van der Waals surface area contributed by atoms with Crippen molar-refractivity contribution in [3.05, 3.63) is 35.4 Å². The number of ether oxygens (including phenoxy) is 1. The van der Waals surface area contributed by atoms with Gasteiger partial charge in [-0.2, -0.15) is 0 Å². The molecule has 0 radical (unpaired) electrons. The first-order chi connectivity index (χ1) is 9.33. The Kier molecular flexibility index (Phi) is 3.97. The Morgan fingerprint density at radius 2 is 1.84 bits per heavy atom. The highest BCUT2D eigenvalue weighted by Crippen LogP contribution is 2.29. The van der Waals surface area contributed by atoms with Crippen LogP contribution in [-0.4, -0.2) is 19.0 Å². The summed E-state index contributed by atoms with van der Waals surface area (Å²) in [5.41, 5.74) is 2.83. The van der Waals surface area contributed by atoms with E-state index in [2.05, 4.69) is 24.3 Å². The highest BCUT2D eigenvalue weighted by atomic mass is 16.5. The lowest BCUT2D eigenvalue weighted by atomic mass is 9.79. The number of carbonyl (C=O) groups excluding carboxylic acids is 1. The highest BCUT2D eigenvalue weighted by Gasteiger charge is 2.26. The molecule has 2 heteroatoms. The van der Waals surface area contributed by atoms with Crippen molar-refractivity contribution < 1.29 is 9.53 Å². The Hall–Kier alpha value is -1.15. The smallest absolute Gasteiger partial charge is 0.136 e. The van der Waals surface area contributed by atoms with Crippen molar-refractivity contribution in [3.63, 3.8) is 0 Å². The van der Waals surface area contributed by atoms with Crippen LogP contribution in [0, 0.1) is 11.8 Å². The number of hydrogen-bond donors (Lipinski definition) is 0. The molecule has 2 aliphatic rings. The van der Waals surface area contributed by atoms with E-state index in [1.54, 1.807) is 0 Å². The quantitative estimate of drug-likeness (QED) is 0.832. The van der Waals surface area contributed by atoms with Crippen LogP contribution in [0.1, 0.15) is 36.8 Å². The second kappa shape index (κ2) is 5.87. The van der Waals surface area contributed by atoms with Crippen LogP contribution in [-0.2, 0) is 22.4 Å². The van der Waals surface area contributed by atoms with Crippen LogP contribution in [0.4, 0.5) is 0 Å². The molecule has 1 fully saturated rings. The first-order valence-corrected chi connectivity index (χ1v) is 7.50. The Morgan fingerprint density at radius 1 is 1.11 bits per heavy atom. The third-order valence-corrected chi connectivity index (χ3v) is 4.63. The SMILES string of the molecule is O=C(CC1CCOCC1)C1CCc2ccccc2C1. The van der Waals surface area contributed by atoms with E-state index in [1.807, 2.05) is 0 Å². The van der Waals surface area contributed by atoms with Crippen molar-refractivity contribution in [2.24, 2.45) is 11.8 Å². The maximum absolute atomic E-state index is 12.4. The summed E-state index contributed by atoms with van der Waals surface area (Å²) < 4.78 is 5.36. The van der Waals surface area contributed by atoms with Crippen molar-refractivity contribution >= 4 is 5.78 Å². The monoisotopic (exact) mass is 258 g/mol. The molecule has 0 bridgehead atoms. The molecule has 1 aliphatic heterocycles. The van der Waals surface area contributed by atoms with E-state index in [0.717, 1.165) is 51.7 Å². The number of benzene rings is 1. The topological polar surface area (TPSA) is 26.3 Å². The van der Waals surface area contributed by atoms with Crippen LogP contribution < -0.4 is 0 Å². The molecule has 0 aromatic heterocycles. The lowest BCUT2D eigenvalue weighted by Gasteiger charge is -2.26. The molecule has 1 aliphatic carbocycles. The average molecular weight is 258 g/mol. The van der Waals surface area contributed by atoms with Gasteiger partial charge in [-0.25, -0.2) is 0 Å². The highest BCUT2D eigenvalue weighted by molar-refractivity contribution is 5.81. The molecule has 0 spiro atoms. The van der Waals surface area contributed by atoms with Gasteiger partial charge in [-0.15, -0.1) is 0 Å². The van der Waals surface area contributed by atoms with Crippen molar-refractivity contribution in [2.45, 2.75) is 38.5 Å². The third-order valence-electron chi connectivity index (χ3n) is 4.63. The van der Waals surface area contributed by atoms with Gasteiger partial charge in [0.15, 0.2) is 0 Å². The predicted molar refractivity (Wildman–Crippen MR) is 75.1 cm³/mol. The van der Waals surface area contributed by atoms with E-state index >= 15 is 0 Å². The van der Waals surface area contributed by atoms with Crippen LogP contribution in [0.15, 0.2) is 24.3 Å². The van der Waals surface area contributed by atoms with Crippen molar-refractivity contribution in [1.82, 2.24) is 0 Å². The maximum Gasteiger partial charge on any atom is 0.136 e. The van der Waals surface area contributed by atoms with E-state index in [1.165, 1.54) is 11.1 Å². The fourth-order valence-corrected chi connectivity index (χ4v) is 3.37. The lowest BCUT2D eigenvalue weighted by molar-refractivity contribution is -0.124. The Morgan fingerprint density at radius 3 is 2.63 bits per heavy atom. The van der Waals surface area contributed by atoms with Gasteiger partial charge < -0.3 is 4.74 Å². The van der Waals surface area contributed by atoms with Gasteiger partial charge in [-0.05, 0) is 49.1 Å². The average Bonchev–Trinajstić information content (AvgIpc) is 2.48. The fourth-order valence-electron chi connectivity index (χ4n) is 3.37. The summed E-state index contributed by atoms with van der Waals surface area (Å²) in [5, 5.41) is 0. The minimum atomic E-state index is 0.262. The molecule has 1 aromatic carbocycles. The Labute approximate surface area is 115 Å². The summed E-state index contributed by atoms with van der Waals surface area (Å²) >= 11 is 0. The molecule has 1 saturated heterocycles. The molecule has 1 unspecified atom stereocenters. The van der Waals surface area contributed by atoms with E-state index in [4.69, 9.17) is 4.74 Å². The zero-order valence-electron chi connectivity index (χ0n) is 11.4. The van der Waals surface area contributed by atoms with E-state index < -0.39 is 0 Å². The van der Waals surface area contributed by atoms with E-state index in [0.29, 0.717) is 11.7 Å². The minimum Gasteiger partial charge on any atom is -0.381 e. The number of ketones is 1. The van der Waals surface area contributed by atoms with Crippen LogP contribution in [0.2, 0.25) is 0 Å². The summed E-state index contributed by atoms with van der Waals surface area (Å²) in [7, 11) is 0. The molecule has 102 valence electrons. The number of hydrogen-bond acceptors (Lipinski definition) is 2. The zero-order valence-corrected chi connectivity index (χ0v) is 11.4. The summed E-state index contributed by atoms with van der Waals surface area (Å²) in [6, 6.07) is 8.57. The molecule has 0 N–H and O–H groups in total. The fraction of sp³-hybridized carbons (Fsp3) is 0.588. The number of carbonyl (C=O) groups is 1. The van der Waals surface area contributed by atoms with Gasteiger partial charge in [0.2, 0.25) is 0 Å². The first-order valence-electron chi connectivity index (χ1n) is 7.50. The molecule has 1 atom stereocenters. The van der Waals surface area contributed by atoms with Gasteiger partial charge in [0.25, 0.3) is 0 Å². The molecule has 19 heavy (non-hydrogen) atoms. The van der Waals surface area contributed by atoms with Gasteiger partial charge in [0, 0.05) is 25.6 Å². The minimum absolute atomic E-state index is 0.262. The second-order valence-electron chi connectivity index (χ2n) is 5.93. The van der Waals surface area contributed by atoms with Crippen LogP contribution in [0.25, 0.3) is 0 Å². The van der Waals surface area contributed by atoms with Gasteiger partial charge in [-0.1, -0.05) is 24.3 Å². The van der Waals surface area contributed by atoms with Crippen molar-refractivity contribution in [1.29, 1.82) is 0 Å². The maximum atomic E-state index is 12.4. The number of fused-ring (bicyclic) bond motifs is 1. The summed E-state index contributed by atoms with van der Waals surface area (Å²) in [6.45, 7) is 1.68. The molecular weight excluding hydrogens is 236 g/mol. The summed E-state index contributed by atoms with van der Waals surface area (Å²) in [6.07, 6.45) is 5.97. The van der Waals surface area contributed by atoms with E-state index in [9.17, 15) is 4.79 Å². The summed E-state index contributed by atoms with van der Waals surface area (Å²) in [5.74, 6) is 1.32. The number of rotatable bonds is 3. The van der Waals surface area contributed by atoms with Gasteiger partial charge >= 0.3 is 0 Å². The largest absolute Gasteiger partial charge is 0.381 e. The standard InChI is InChI=1S/C17H22O2/c18-17(11-13-7-9-19-10-8-13)16-6-5-14-3-1-2-4-15(14)12-16/h1-4,13,16H,5-12H2. The molecule has 1 heterocycles.